The Kier molecular flexibility index (Phi) is 5.42. The van der Waals surface area contributed by atoms with Gasteiger partial charge in [-0.2, -0.15) is 0 Å². The molecule has 1 fully saturated rings. The molecular formula is C16H22ClFO2. The molecule has 2 rings (SSSR count). The van der Waals surface area contributed by atoms with Crippen LogP contribution in [0.3, 0.4) is 0 Å². The van der Waals surface area contributed by atoms with Crippen LogP contribution in [0, 0.1) is 5.82 Å². The Balaban J connectivity index is 2.11. The van der Waals surface area contributed by atoms with Gasteiger partial charge in [-0.3, -0.25) is 0 Å². The maximum Gasteiger partial charge on any atom is 0.141 e. The maximum absolute atomic E-state index is 13.2. The second-order valence-corrected chi connectivity index (χ2v) is 5.93. The predicted octanol–water partition coefficient (Wildman–Crippen LogP) is 4.12. The molecule has 0 bridgehead atoms. The average Bonchev–Trinajstić information content (AvgIpc) is 2.44. The van der Waals surface area contributed by atoms with Crippen molar-refractivity contribution in [1.29, 1.82) is 0 Å². The third kappa shape index (κ3) is 3.51. The summed E-state index contributed by atoms with van der Waals surface area (Å²) >= 11 is 5.79. The highest BCUT2D eigenvalue weighted by atomic mass is 35.5. The second-order valence-electron chi connectivity index (χ2n) is 5.53. The molecule has 0 aliphatic heterocycles. The van der Waals surface area contributed by atoms with Crippen LogP contribution in [0.15, 0.2) is 18.2 Å². The molecular weight excluding hydrogens is 279 g/mol. The van der Waals surface area contributed by atoms with Crippen molar-refractivity contribution in [3.63, 3.8) is 0 Å². The van der Waals surface area contributed by atoms with E-state index < -0.39 is 17.5 Å². The molecule has 0 amide bonds. The predicted molar refractivity (Wildman–Crippen MR) is 78.6 cm³/mol. The Hall–Kier alpha value is -0.640. The van der Waals surface area contributed by atoms with Crippen molar-refractivity contribution in [1.82, 2.24) is 0 Å². The van der Waals surface area contributed by atoms with E-state index >= 15 is 0 Å². The lowest BCUT2D eigenvalue weighted by Gasteiger charge is -2.41. The fraction of sp³-hybridized carbons (Fsp3) is 0.625. The summed E-state index contributed by atoms with van der Waals surface area (Å²) in [5.41, 5.74) is 0.391. The summed E-state index contributed by atoms with van der Waals surface area (Å²) in [6, 6.07) is 4.61. The first-order valence-corrected chi connectivity index (χ1v) is 7.71. The fourth-order valence-electron chi connectivity index (χ4n) is 3.09. The van der Waals surface area contributed by atoms with Crippen LogP contribution in [0.25, 0.3) is 0 Å². The normalized spacial score (nSPS) is 19.8. The van der Waals surface area contributed by atoms with Gasteiger partial charge >= 0.3 is 0 Å². The molecule has 20 heavy (non-hydrogen) atoms. The van der Waals surface area contributed by atoms with Crippen molar-refractivity contribution >= 4 is 11.6 Å². The molecule has 1 aliphatic carbocycles. The van der Waals surface area contributed by atoms with Gasteiger partial charge in [-0.15, -0.1) is 0 Å². The standard InChI is InChI=1S/C16H22ClFO2/c1-2-20-16(8-4-3-5-9-16)15(19)11-12-6-7-14(18)13(17)10-12/h6-7,10,15,19H,2-5,8-9,11H2,1H3. The van der Waals surface area contributed by atoms with Gasteiger partial charge in [-0.05, 0) is 37.5 Å². The molecule has 1 aromatic rings. The third-order valence-electron chi connectivity index (χ3n) is 4.15. The zero-order valence-electron chi connectivity index (χ0n) is 11.9. The maximum atomic E-state index is 13.2. The van der Waals surface area contributed by atoms with Crippen LogP contribution < -0.4 is 0 Å². The quantitative estimate of drug-likeness (QED) is 0.886. The number of hydrogen-bond donors (Lipinski definition) is 1. The summed E-state index contributed by atoms with van der Waals surface area (Å²) in [4.78, 5) is 0. The van der Waals surface area contributed by atoms with Gasteiger partial charge in [0.15, 0.2) is 0 Å². The number of aliphatic hydroxyl groups excluding tert-OH is 1. The Morgan fingerprint density at radius 3 is 2.65 bits per heavy atom. The molecule has 1 N–H and O–H groups in total. The van der Waals surface area contributed by atoms with E-state index in [-0.39, 0.29) is 5.02 Å². The summed E-state index contributed by atoms with van der Waals surface area (Å²) in [7, 11) is 0. The number of hydrogen-bond acceptors (Lipinski definition) is 2. The van der Waals surface area contributed by atoms with E-state index in [1.165, 1.54) is 12.5 Å². The van der Waals surface area contributed by atoms with Crippen LogP contribution in [0.4, 0.5) is 4.39 Å². The molecule has 0 heterocycles. The van der Waals surface area contributed by atoms with E-state index in [1.807, 2.05) is 6.92 Å². The second kappa shape index (κ2) is 6.88. The van der Waals surface area contributed by atoms with Crippen LogP contribution in [-0.4, -0.2) is 23.4 Å². The van der Waals surface area contributed by atoms with E-state index in [0.717, 1.165) is 31.2 Å². The lowest BCUT2D eigenvalue weighted by molar-refractivity contribution is -0.138. The average molecular weight is 301 g/mol. The summed E-state index contributed by atoms with van der Waals surface area (Å²) < 4.78 is 19.1. The Morgan fingerprint density at radius 2 is 2.05 bits per heavy atom. The van der Waals surface area contributed by atoms with Gasteiger partial charge in [-0.25, -0.2) is 4.39 Å². The van der Waals surface area contributed by atoms with Crippen molar-refractivity contribution in [2.45, 2.75) is 57.2 Å². The van der Waals surface area contributed by atoms with Gasteiger partial charge in [0.25, 0.3) is 0 Å². The van der Waals surface area contributed by atoms with E-state index in [0.29, 0.717) is 13.0 Å². The Labute approximate surface area is 124 Å². The molecule has 1 aliphatic rings. The molecule has 112 valence electrons. The number of aliphatic hydroxyl groups is 1. The van der Waals surface area contributed by atoms with Gasteiger partial charge < -0.3 is 9.84 Å². The van der Waals surface area contributed by atoms with Gasteiger partial charge in [0.2, 0.25) is 0 Å². The van der Waals surface area contributed by atoms with E-state index in [4.69, 9.17) is 16.3 Å². The van der Waals surface area contributed by atoms with E-state index in [2.05, 4.69) is 0 Å². The van der Waals surface area contributed by atoms with Crippen LogP contribution in [0.2, 0.25) is 5.02 Å². The first kappa shape index (κ1) is 15.7. The highest BCUT2D eigenvalue weighted by Crippen LogP contribution is 2.36. The van der Waals surface area contributed by atoms with E-state index in [1.54, 1.807) is 12.1 Å². The zero-order chi connectivity index (χ0) is 14.6. The molecule has 1 unspecified atom stereocenters. The minimum absolute atomic E-state index is 0.101. The number of benzene rings is 1. The first-order valence-electron chi connectivity index (χ1n) is 7.33. The minimum Gasteiger partial charge on any atom is -0.390 e. The summed E-state index contributed by atoms with van der Waals surface area (Å²) in [6.45, 7) is 2.55. The lowest BCUT2D eigenvalue weighted by atomic mass is 9.78. The van der Waals surface area contributed by atoms with E-state index in [9.17, 15) is 9.50 Å². The SMILES string of the molecule is CCOC1(C(O)Cc2ccc(F)c(Cl)c2)CCCCC1. The van der Waals surface area contributed by atoms with Gasteiger partial charge in [-0.1, -0.05) is 36.9 Å². The van der Waals surface area contributed by atoms with Crippen LogP contribution >= 0.6 is 11.6 Å². The monoisotopic (exact) mass is 300 g/mol. The Morgan fingerprint density at radius 1 is 1.35 bits per heavy atom. The minimum atomic E-state index is -0.579. The van der Waals surface area contributed by atoms with Crippen molar-refractivity contribution in [3.05, 3.63) is 34.6 Å². The van der Waals surface area contributed by atoms with Crippen molar-refractivity contribution in [3.8, 4) is 0 Å². The molecule has 1 atom stereocenters. The van der Waals surface area contributed by atoms with Gasteiger partial charge in [0.1, 0.15) is 5.82 Å². The van der Waals surface area contributed by atoms with Gasteiger partial charge in [0.05, 0.1) is 16.7 Å². The number of halogens is 2. The largest absolute Gasteiger partial charge is 0.390 e. The van der Waals surface area contributed by atoms with Crippen LogP contribution in [-0.2, 0) is 11.2 Å². The Bertz CT molecular complexity index is 439. The van der Waals surface area contributed by atoms with Crippen molar-refractivity contribution < 1.29 is 14.2 Å². The topological polar surface area (TPSA) is 29.5 Å². The lowest BCUT2D eigenvalue weighted by Crippen LogP contribution is -2.47. The van der Waals surface area contributed by atoms with Crippen LogP contribution in [0.5, 0.6) is 0 Å². The number of rotatable bonds is 5. The third-order valence-corrected chi connectivity index (χ3v) is 4.44. The highest BCUT2D eigenvalue weighted by Gasteiger charge is 2.39. The highest BCUT2D eigenvalue weighted by molar-refractivity contribution is 6.30. The van der Waals surface area contributed by atoms with Crippen molar-refractivity contribution in [2.24, 2.45) is 0 Å². The molecule has 1 aromatic carbocycles. The molecule has 1 saturated carbocycles. The molecule has 2 nitrogen and oxygen atoms in total. The number of ether oxygens (including phenoxy) is 1. The van der Waals surface area contributed by atoms with Gasteiger partial charge in [0, 0.05) is 13.0 Å². The fourth-order valence-corrected chi connectivity index (χ4v) is 3.29. The smallest absolute Gasteiger partial charge is 0.141 e. The van der Waals surface area contributed by atoms with Crippen LogP contribution in [0.1, 0.15) is 44.6 Å². The molecule has 4 heteroatoms. The molecule has 0 spiro atoms. The first-order chi connectivity index (χ1) is 9.57. The summed E-state index contributed by atoms with van der Waals surface area (Å²) in [5.74, 6) is -0.429. The molecule has 0 radical (unpaired) electrons. The zero-order valence-corrected chi connectivity index (χ0v) is 12.6. The van der Waals surface area contributed by atoms with Crippen molar-refractivity contribution in [2.75, 3.05) is 6.61 Å². The molecule has 0 aromatic heterocycles. The molecule has 0 saturated heterocycles. The summed E-state index contributed by atoms with van der Waals surface area (Å²) in [5, 5.41) is 10.7. The summed E-state index contributed by atoms with van der Waals surface area (Å²) in [6.07, 6.45) is 5.00.